The Balaban J connectivity index is 1.52. The molecule has 0 aliphatic carbocycles. The molecule has 22 heavy (non-hydrogen) atoms. The fourth-order valence-electron chi connectivity index (χ4n) is 2.50. The maximum absolute atomic E-state index is 5.75. The lowest BCUT2D eigenvalue weighted by molar-refractivity contribution is 0.428. The standard InChI is InChI=1S/C14H13ClN4O2S/c15-11-2-1-10(20-11)13-18-14(21-19-13)9-7-22-12(17-9)5-8-3-4-16-6-8/h1-2,7-8,16H,3-6H2. The van der Waals surface area contributed by atoms with Crippen molar-refractivity contribution in [1.29, 1.82) is 0 Å². The molecule has 0 radical (unpaired) electrons. The average molecular weight is 337 g/mol. The highest BCUT2D eigenvalue weighted by Crippen LogP contribution is 2.27. The third kappa shape index (κ3) is 2.79. The van der Waals surface area contributed by atoms with Gasteiger partial charge in [-0.25, -0.2) is 4.98 Å². The Labute approximate surface area is 135 Å². The molecule has 1 N–H and O–H groups in total. The van der Waals surface area contributed by atoms with Crippen LogP contribution in [0.3, 0.4) is 0 Å². The third-order valence-corrected chi connectivity index (χ3v) is 4.69. The molecule has 6 nitrogen and oxygen atoms in total. The van der Waals surface area contributed by atoms with Crippen LogP contribution in [-0.4, -0.2) is 28.2 Å². The summed E-state index contributed by atoms with van der Waals surface area (Å²) in [5.41, 5.74) is 0.711. The van der Waals surface area contributed by atoms with Crippen LogP contribution in [0.25, 0.3) is 23.2 Å². The number of thiazole rings is 1. The molecule has 3 aromatic rings. The second kappa shape index (κ2) is 5.83. The highest BCUT2D eigenvalue weighted by atomic mass is 35.5. The molecule has 4 rings (SSSR count). The summed E-state index contributed by atoms with van der Waals surface area (Å²) in [6.07, 6.45) is 2.20. The van der Waals surface area contributed by atoms with Crippen LogP contribution in [0.1, 0.15) is 11.4 Å². The number of nitrogens with zero attached hydrogens (tertiary/aromatic N) is 3. The predicted octanol–water partition coefficient (Wildman–Crippen LogP) is 3.26. The van der Waals surface area contributed by atoms with E-state index in [-0.39, 0.29) is 0 Å². The second-order valence-corrected chi connectivity index (χ2v) is 6.53. The Morgan fingerprint density at radius 3 is 3.09 bits per heavy atom. The Kier molecular flexibility index (Phi) is 3.69. The van der Waals surface area contributed by atoms with Gasteiger partial charge in [0.1, 0.15) is 5.69 Å². The van der Waals surface area contributed by atoms with Crippen LogP contribution in [0.2, 0.25) is 5.22 Å². The minimum absolute atomic E-state index is 0.294. The zero-order valence-corrected chi connectivity index (χ0v) is 13.2. The maximum atomic E-state index is 5.75. The molecule has 0 amide bonds. The van der Waals surface area contributed by atoms with E-state index in [0.717, 1.165) is 24.5 Å². The minimum atomic E-state index is 0.294. The maximum Gasteiger partial charge on any atom is 0.277 e. The molecular weight excluding hydrogens is 324 g/mol. The first-order valence-electron chi connectivity index (χ1n) is 7.03. The molecule has 0 bridgehead atoms. The van der Waals surface area contributed by atoms with Gasteiger partial charge in [-0.1, -0.05) is 5.16 Å². The molecule has 1 atom stereocenters. The highest BCUT2D eigenvalue weighted by Gasteiger charge is 2.19. The van der Waals surface area contributed by atoms with E-state index in [9.17, 15) is 0 Å². The van der Waals surface area contributed by atoms with Gasteiger partial charge in [-0.15, -0.1) is 11.3 Å². The molecule has 114 valence electrons. The zero-order valence-electron chi connectivity index (χ0n) is 11.6. The SMILES string of the molecule is Clc1ccc(-c2noc(-c3csc(CC4CCNC4)n3)n2)o1. The van der Waals surface area contributed by atoms with Crippen LogP contribution in [-0.2, 0) is 6.42 Å². The van der Waals surface area contributed by atoms with E-state index in [1.165, 1.54) is 6.42 Å². The zero-order chi connectivity index (χ0) is 14.9. The van der Waals surface area contributed by atoms with Gasteiger partial charge in [0.25, 0.3) is 5.89 Å². The van der Waals surface area contributed by atoms with E-state index >= 15 is 0 Å². The molecule has 0 aromatic carbocycles. The number of aromatic nitrogens is 3. The normalized spacial score (nSPS) is 18.1. The first kappa shape index (κ1) is 13.9. The van der Waals surface area contributed by atoms with Crippen LogP contribution in [0.4, 0.5) is 0 Å². The smallest absolute Gasteiger partial charge is 0.277 e. The van der Waals surface area contributed by atoms with Gasteiger partial charge in [0.2, 0.25) is 5.82 Å². The number of halogens is 1. The lowest BCUT2D eigenvalue weighted by Crippen LogP contribution is -2.10. The third-order valence-electron chi connectivity index (χ3n) is 3.62. The Morgan fingerprint density at radius 1 is 1.36 bits per heavy atom. The van der Waals surface area contributed by atoms with Gasteiger partial charge in [-0.2, -0.15) is 4.98 Å². The molecular formula is C14H13ClN4O2S. The largest absolute Gasteiger partial charge is 0.441 e. The van der Waals surface area contributed by atoms with E-state index < -0.39 is 0 Å². The van der Waals surface area contributed by atoms with Gasteiger partial charge < -0.3 is 14.3 Å². The summed E-state index contributed by atoms with van der Waals surface area (Å²) < 4.78 is 10.5. The average Bonchev–Trinajstić information content (AvgIpc) is 3.26. The lowest BCUT2D eigenvalue weighted by Gasteiger charge is -2.03. The summed E-state index contributed by atoms with van der Waals surface area (Å²) >= 11 is 7.38. The first-order valence-corrected chi connectivity index (χ1v) is 8.28. The van der Waals surface area contributed by atoms with Gasteiger partial charge in [0.05, 0.1) is 5.01 Å². The molecule has 1 aliphatic heterocycles. The fourth-order valence-corrected chi connectivity index (χ4v) is 3.53. The summed E-state index contributed by atoms with van der Waals surface area (Å²) in [6, 6.07) is 3.35. The number of rotatable bonds is 4. The van der Waals surface area contributed by atoms with Gasteiger partial charge in [-0.3, -0.25) is 0 Å². The van der Waals surface area contributed by atoms with Crippen molar-refractivity contribution in [3.63, 3.8) is 0 Å². The Bertz CT molecular complexity index is 775. The summed E-state index contributed by atoms with van der Waals surface area (Å²) in [5.74, 6) is 1.92. The van der Waals surface area contributed by atoms with Crippen molar-refractivity contribution in [2.24, 2.45) is 5.92 Å². The highest BCUT2D eigenvalue weighted by molar-refractivity contribution is 7.09. The van der Waals surface area contributed by atoms with Gasteiger partial charge >= 0.3 is 0 Å². The van der Waals surface area contributed by atoms with Gasteiger partial charge in [0, 0.05) is 11.8 Å². The first-order chi connectivity index (χ1) is 10.8. The van der Waals surface area contributed by atoms with Gasteiger partial charge in [-0.05, 0) is 49.2 Å². The predicted molar refractivity (Wildman–Crippen MR) is 82.8 cm³/mol. The molecule has 4 heterocycles. The van der Waals surface area contributed by atoms with Crippen LogP contribution >= 0.6 is 22.9 Å². The van der Waals surface area contributed by atoms with E-state index in [4.69, 9.17) is 20.5 Å². The molecule has 0 saturated carbocycles. The van der Waals surface area contributed by atoms with Crippen molar-refractivity contribution in [3.8, 4) is 23.2 Å². The number of hydrogen-bond donors (Lipinski definition) is 1. The van der Waals surface area contributed by atoms with Crippen molar-refractivity contribution in [2.75, 3.05) is 13.1 Å². The molecule has 1 unspecified atom stereocenters. The number of nitrogens with one attached hydrogen (secondary N) is 1. The summed E-state index contributed by atoms with van der Waals surface area (Å²) in [7, 11) is 0. The van der Waals surface area contributed by atoms with Crippen LogP contribution in [0.5, 0.6) is 0 Å². The summed E-state index contributed by atoms with van der Waals surface area (Å²) in [5, 5.41) is 10.6. The molecule has 1 aliphatic rings. The monoisotopic (exact) mass is 336 g/mol. The van der Waals surface area contributed by atoms with Crippen molar-refractivity contribution < 1.29 is 8.94 Å². The van der Waals surface area contributed by atoms with Crippen LogP contribution in [0, 0.1) is 5.92 Å². The van der Waals surface area contributed by atoms with Crippen molar-refractivity contribution >= 4 is 22.9 Å². The van der Waals surface area contributed by atoms with Crippen molar-refractivity contribution in [3.05, 3.63) is 27.7 Å². The number of furan rings is 1. The molecule has 1 fully saturated rings. The molecule has 3 aromatic heterocycles. The van der Waals surface area contributed by atoms with Gasteiger partial charge in [0.15, 0.2) is 11.0 Å². The summed E-state index contributed by atoms with van der Waals surface area (Å²) in [4.78, 5) is 8.90. The minimum Gasteiger partial charge on any atom is -0.441 e. The molecule has 8 heteroatoms. The fraction of sp³-hybridized carbons (Fsp3) is 0.357. The van der Waals surface area contributed by atoms with Crippen LogP contribution < -0.4 is 5.32 Å². The van der Waals surface area contributed by atoms with E-state index in [1.807, 2.05) is 5.38 Å². The van der Waals surface area contributed by atoms with E-state index in [2.05, 4.69) is 20.4 Å². The molecule has 0 spiro atoms. The van der Waals surface area contributed by atoms with E-state index in [1.54, 1.807) is 23.5 Å². The number of hydrogen-bond acceptors (Lipinski definition) is 7. The lowest BCUT2D eigenvalue weighted by atomic mass is 10.1. The summed E-state index contributed by atoms with van der Waals surface area (Å²) in [6.45, 7) is 2.17. The topological polar surface area (TPSA) is 77.0 Å². The Hall–Kier alpha value is -1.70. The van der Waals surface area contributed by atoms with Crippen molar-refractivity contribution in [1.82, 2.24) is 20.4 Å². The Morgan fingerprint density at radius 2 is 2.32 bits per heavy atom. The van der Waals surface area contributed by atoms with Crippen LogP contribution in [0.15, 0.2) is 26.5 Å². The quantitative estimate of drug-likeness (QED) is 0.788. The molecule has 1 saturated heterocycles. The van der Waals surface area contributed by atoms with Crippen molar-refractivity contribution in [2.45, 2.75) is 12.8 Å². The van der Waals surface area contributed by atoms with E-state index in [0.29, 0.717) is 34.3 Å². The second-order valence-electron chi connectivity index (χ2n) is 5.22.